The number of ether oxygens (including phenoxy) is 2. The highest BCUT2D eigenvalue weighted by Gasteiger charge is 2.20. The van der Waals surface area contributed by atoms with Crippen molar-refractivity contribution in [1.29, 1.82) is 0 Å². The maximum atomic E-state index is 13.4. The van der Waals surface area contributed by atoms with Gasteiger partial charge in [-0.15, -0.1) is 11.3 Å². The van der Waals surface area contributed by atoms with E-state index < -0.39 is 0 Å². The molecule has 2 heterocycles. The minimum Gasteiger partial charge on any atom is -0.493 e. The first-order valence-electron chi connectivity index (χ1n) is 10.9. The number of nitrogens with one attached hydrogen (secondary N) is 1. The zero-order valence-corrected chi connectivity index (χ0v) is 19.7. The number of fused-ring (bicyclic) bond motifs is 1. The number of pyridine rings is 1. The van der Waals surface area contributed by atoms with Crippen LogP contribution < -0.4 is 15.0 Å². The third kappa shape index (κ3) is 4.02. The first-order valence-corrected chi connectivity index (χ1v) is 11.8. The molecule has 4 nitrogen and oxygen atoms in total. The summed E-state index contributed by atoms with van der Waals surface area (Å²) in [4.78, 5) is 17.4. The maximum absolute atomic E-state index is 13.4. The Kier molecular flexibility index (Phi) is 6.02. The number of methoxy groups -OCH3 is 2. The predicted octanol–water partition coefficient (Wildman–Crippen LogP) is 7.11. The summed E-state index contributed by atoms with van der Waals surface area (Å²) in [6, 6.07) is 26.2. The van der Waals surface area contributed by atoms with Crippen LogP contribution in [0.1, 0.15) is 11.1 Å². The average Bonchev–Trinajstić information content (AvgIpc) is 3.41. The van der Waals surface area contributed by atoms with E-state index >= 15 is 0 Å². The molecule has 0 unspecified atom stereocenters. The smallest absolute Gasteiger partial charge is 0.257 e. The van der Waals surface area contributed by atoms with E-state index in [4.69, 9.17) is 9.47 Å². The molecule has 2 aromatic heterocycles. The fraction of sp³-hybridized carbons (Fsp3) is 0.0690. The summed E-state index contributed by atoms with van der Waals surface area (Å²) >= 11 is 1.55. The molecule has 0 bridgehead atoms. The Labute approximate surface area is 201 Å². The van der Waals surface area contributed by atoms with Crippen LogP contribution in [0.3, 0.4) is 0 Å². The van der Waals surface area contributed by atoms with Crippen molar-refractivity contribution in [1.82, 2.24) is 4.98 Å². The second-order valence-corrected chi connectivity index (χ2v) is 8.72. The molecule has 0 amide bonds. The van der Waals surface area contributed by atoms with Gasteiger partial charge in [0.05, 0.1) is 25.3 Å². The van der Waals surface area contributed by atoms with Crippen LogP contribution in [-0.4, -0.2) is 19.2 Å². The lowest BCUT2D eigenvalue weighted by molar-refractivity contribution is 0.358. The van der Waals surface area contributed by atoms with Crippen molar-refractivity contribution in [3.8, 4) is 33.1 Å². The monoisotopic (exact) mass is 465 g/mol. The van der Waals surface area contributed by atoms with Gasteiger partial charge in [-0.1, -0.05) is 66.7 Å². The summed E-state index contributed by atoms with van der Waals surface area (Å²) in [5, 5.41) is 2.88. The van der Waals surface area contributed by atoms with Crippen LogP contribution in [-0.2, 0) is 0 Å². The highest BCUT2D eigenvalue weighted by molar-refractivity contribution is 7.13. The van der Waals surface area contributed by atoms with Crippen molar-refractivity contribution >= 4 is 34.4 Å². The number of hydrogen-bond acceptors (Lipinski definition) is 4. The average molecular weight is 466 g/mol. The Balaban J connectivity index is 1.76. The van der Waals surface area contributed by atoms with Crippen molar-refractivity contribution in [2.45, 2.75) is 0 Å². The highest BCUT2D eigenvalue weighted by Crippen LogP contribution is 2.42. The van der Waals surface area contributed by atoms with Crippen LogP contribution in [0.25, 0.3) is 44.6 Å². The van der Waals surface area contributed by atoms with Gasteiger partial charge >= 0.3 is 0 Å². The van der Waals surface area contributed by atoms with Crippen LogP contribution in [0.2, 0.25) is 0 Å². The Morgan fingerprint density at radius 3 is 2.32 bits per heavy atom. The van der Waals surface area contributed by atoms with Gasteiger partial charge in [0.15, 0.2) is 11.5 Å². The number of aromatic nitrogens is 1. The summed E-state index contributed by atoms with van der Waals surface area (Å²) < 4.78 is 11.1. The third-order valence-electron chi connectivity index (χ3n) is 5.74. The Morgan fingerprint density at radius 1 is 0.794 bits per heavy atom. The molecule has 3 aromatic carbocycles. The molecule has 0 aliphatic rings. The van der Waals surface area contributed by atoms with Gasteiger partial charge in [-0.05, 0) is 46.3 Å². The van der Waals surface area contributed by atoms with E-state index in [0.29, 0.717) is 22.6 Å². The molecule has 5 heteroatoms. The van der Waals surface area contributed by atoms with Crippen molar-refractivity contribution in [2.24, 2.45) is 0 Å². The molecule has 0 atom stereocenters. The molecular weight excluding hydrogens is 442 g/mol. The SMILES string of the molecule is COc1ccc2c(-c3cccc(C=Cc4ccccc4)c3)c(-c3cccs3)c(=O)[nH]c2c1OC. The van der Waals surface area contributed by atoms with Crippen molar-refractivity contribution in [3.63, 3.8) is 0 Å². The summed E-state index contributed by atoms with van der Waals surface area (Å²) in [5.41, 5.74) is 5.12. The topological polar surface area (TPSA) is 51.3 Å². The van der Waals surface area contributed by atoms with Gasteiger partial charge in [0, 0.05) is 15.8 Å². The van der Waals surface area contributed by atoms with Gasteiger partial charge in [-0.3, -0.25) is 4.79 Å². The van der Waals surface area contributed by atoms with Gasteiger partial charge < -0.3 is 14.5 Å². The molecule has 5 aromatic rings. The Hall–Kier alpha value is -4.09. The van der Waals surface area contributed by atoms with E-state index in [1.165, 1.54) is 0 Å². The maximum Gasteiger partial charge on any atom is 0.257 e. The van der Waals surface area contributed by atoms with Crippen LogP contribution in [0.4, 0.5) is 0 Å². The van der Waals surface area contributed by atoms with Crippen LogP contribution in [0, 0.1) is 0 Å². The second-order valence-electron chi connectivity index (χ2n) is 7.77. The number of rotatable bonds is 6. The molecule has 1 N–H and O–H groups in total. The summed E-state index contributed by atoms with van der Waals surface area (Å²) in [6.45, 7) is 0. The quantitative estimate of drug-likeness (QED) is 0.272. The Bertz CT molecular complexity index is 1530. The minimum absolute atomic E-state index is 0.165. The lowest BCUT2D eigenvalue weighted by atomic mass is 9.93. The van der Waals surface area contributed by atoms with Gasteiger partial charge in [0.1, 0.15) is 0 Å². The van der Waals surface area contributed by atoms with Gasteiger partial charge in [0.25, 0.3) is 5.56 Å². The fourth-order valence-electron chi connectivity index (χ4n) is 4.19. The molecular formula is C29H23NO3S. The summed E-state index contributed by atoms with van der Waals surface area (Å²) in [7, 11) is 3.17. The molecule has 0 saturated heterocycles. The van der Waals surface area contributed by atoms with E-state index in [9.17, 15) is 4.79 Å². The molecule has 0 fully saturated rings. The summed E-state index contributed by atoms with van der Waals surface area (Å²) in [6.07, 6.45) is 4.17. The zero-order valence-electron chi connectivity index (χ0n) is 18.9. The number of H-pyrrole nitrogens is 1. The number of aromatic amines is 1. The first-order chi connectivity index (χ1) is 16.7. The lowest BCUT2D eigenvalue weighted by Gasteiger charge is -2.16. The molecule has 0 saturated carbocycles. The van der Waals surface area contributed by atoms with Gasteiger partial charge in [0.2, 0.25) is 0 Å². The molecule has 34 heavy (non-hydrogen) atoms. The second kappa shape index (κ2) is 9.41. The molecule has 5 rings (SSSR count). The van der Waals surface area contributed by atoms with E-state index in [-0.39, 0.29) is 5.56 Å². The predicted molar refractivity (Wildman–Crippen MR) is 142 cm³/mol. The molecule has 0 spiro atoms. The Morgan fingerprint density at radius 2 is 1.59 bits per heavy atom. The van der Waals surface area contributed by atoms with Crippen LogP contribution in [0.15, 0.2) is 89.0 Å². The van der Waals surface area contributed by atoms with E-state index in [2.05, 4.69) is 41.4 Å². The third-order valence-corrected chi connectivity index (χ3v) is 6.63. The van der Waals surface area contributed by atoms with Crippen molar-refractivity contribution in [2.75, 3.05) is 14.2 Å². The van der Waals surface area contributed by atoms with Crippen molar-refractivity contribution in [3.05, 3.63) is 106 Å². The molecule has 0 radical (unpaired) electrons. The van der Waals surface area contributed by atoms with E-state index in [0.717, 1.165) is 32.5 Å². The van der Waals surface area contributed by atoms with E-state index in [1.54, 1.807) is 25.6 Å². The van der Waals surface area contributed by atoms with Crippen LogP contribution >= 0.6 is 11.3 Å². The highest BCUT2D eigenvalue weighted by atomic mass is 32.1. The van der Waals surface area contributed by atoms with Crippen LogP contribution in [0.5, 0.6) is 11.5 Å². The zero-order chi connectivity index (χ0) is 23.5. The molecule has 168 valence electrons. The molecule has 0 aliphatic heterocycles. The summed E-state index contributed by atoms with van der Waals surface area (Å²) in [5.74, 6) is 1.08. The first kappa shape index (κ1) is 21.7. The lowest BCUT2D eigenvalue weighted by Crippen LogP contribution is -2.11. The fourth-order valence-corrected chi connectivity index (χ4v) is 4.97. The number of benzene rings is 3. The van der Waals surface area contributed by atoms with Crippen molar-refractivity contribution < 1.29 is 9.47 Å². The van der Waals surface area contributed by atoms with Gasteiger partial charge in [-0.2, -0.15) is 0 Å². The normalized spacial score (nSPS) is 11.2. The minimum atomic E-state index is -0.165. The van der Waals surface area contributed by atoms with Gasteiger partial charge in [-0.25, -0.2) is 0 Å². The van der Waals surface area contributed by atoms with E-state index in [1.807, 2.05) is 60.0 Å². The number of thiophene rings is 1. The molecule has 0 aliphatic carbocycles. The largest absolute Gasteiger partial charge is 0.493 e. The standard InChI is InChI=1S/C29H23NO3S/c1-32-23-16-15-22-25(21-11-6-10-20(18-21)14-13-19-8-4-3-5-9-19)26(24-12-7-17-34-24)29(31)30-27(22)28(23)33-2/h3-18H,1-2H3,(H,30,31). The number of hydrogen-bond donors (Lipinski definition) is 1.